The molecule has 2 heterocycles. The summed E-state index contributed by atoms with van der Waals surface area (Å²) in [5.74, 6) is 0.358. The first-order valence-corrected chi connectivity index (χ1v) is 7.82. The molecule has 2 aromatic heterocycles. The summed E-state index contributed by atoms with van der Waals surface area (Å²) in [6.45, 7) is 0.835. The molecule has 0 saturated heterocycles. The number of aromatic nitrogens is 2. The van der Waals surface area contributed by atoms with Crippen molar-refractivity contribution in [3.05, 3.63) is 70.5 Å². The van der Waals surface area contributed by atoms with Crippen LogP contribution < -0.4 is 5.32 Å². The maximum absolute atomic E-state index is 11.0. The molecule has 0 spiro atoms. The lowest BCUT2D eigenvalue weighted by Gasteiger charge is -2.11. The van der Waals surface area contributed by atoms with E-state index in [9.17, 15) is 10.1 Å². The number of benzene rings is 1. The third-order valence-electron chi connectivity index (χ3n) is 3.67. The molecule has 0 aliphatic carbocycles. The van der Waals surface area contributed by atoms with Gasteiger partial charge in [-0.15, -0.1) is 0 Å². The Bertz CT molecular complexity index is 888. The van der Waals surface area contributed by atoms with Gasteiger partial charge in [0.25, 0.3) is 0 Å². The van der Waals surface area contributed by atoms with Gasteiger partial charge in [-0.2, -0.15) is 0 Å². The van der Waals surface area contributed by atoms with Crippen LogP contribution in [-0.4, -0.2) is 33.9 Å². The Balaban J connectivity index is 1.87. The van der Waals surface area contributed by atoms with E-state index in [-0.39, 0.29) is 5.69 Å². The molecule has 0 radical (unpaired) electrons. The monoisotopic (exact) mass is 337 g/mol. The van der Waals surface area contributed by atoms with Gasteiger partial charge >= 0.3 is 5.69 Å². The molecular formula is C18H19N5O2. The van der Waals surface area contributed by atoms with Crippen LogP contribution in [0.3, 0.4) is 0 Å². The van der Waals surface area contributed by atoms with Gasteiger partial charge in [-0.05, 0) is 43.9 Å². The zero-order valence-corrected chi connectivity index (χ0v) is 14.1. The van der Waals surface area contributed by atoms with E-state index in [1.807, 2.05) is 44.4 Å². The Hall–Kier alpha value is -3.19. The maximum atomic E-state index is 11.0. The number of rotatable bonds is 6. The number of pyridine rings is 1. The molecular weight excluding hydrogens is 318 g/mol. The van der Waals surface area contributed by atoms with Gasteiger partial charge in [-0.25, -0.2) is 0 Å². The third kappa shape index (κ3) is 4.02. The average Bonchev–Trinajstić information content (AvgIpc) is 3.03. The summed E-state index contributed by atoms with van der Waals surface area (Å²) in [7, 11) is 4.04. The molecule has 7 heteroatoms. The topological polar surface area (TPSA) is 87.1 Å². The molecule has 2 N–H and O–H groups in total. The van der Waals surface area contributed by atoms with E-state index in [1.165, 1.54) is 17.8 Å². The SMILES string of the molecule is CN(C)Cc1ccnc(-c2cccc(Nc3[nH]ccc3[N+](=O)[O-])c2)c1. The largest absolute Gasteiger partial charge is 0.342 e. The highest BCUT2D eigenvalue weighted by Gasteiger charge is 2.14. The third-order valence-corrected chi connectivity index (χ3v) is 3.67. The van der Waals surface area contributed by atoms with Crippen LogP contribution in [0.15, 0.2) is 54.9 Å². The highest BCUT2D eigenvalue weighted by atomic mass is 16.6. The highest BCUT2D eigenvalue weighted by molar-refractivity contribution is 5.71. The summed E-state index contributed by atoms with van der Waals surface area (Å²) in [4.78, 5) is 20.0. The molecule has 1 aromatic carbocycles. The normalized spacial score (nSPS) is 10.8. The van der Waals surface area contributed by atoms with Crippen LogP contribution in [0, 0.1) is 10.1 Å². The minimum atomic E-state index is -0.422. The van der Waals surface area contributed by atoms with E-state index in [0.29, 0.717) is 5.82 Å². The van der Waals surface area contributed by atoms with Crippen LogP contribution in [0.1, 0.15) is 5.56 Å². The average molecular weight is 337 g/mol. The van der Waals surface area contributed by atoms with E-state index in [0.717, 1.165) is 23.5 Å². The van der Waals surface area contributed by atoms with E-state index in [2.05, 4.69) is 26.3 Å². The van der Waals surface area contributed by atoms with Crippen LogP contribution in [0.2, 0.25) is 0 Å². The molecule has 0 saturated carbocycles. The van der Waals surface area contributed by atoms with Gasteiger partial charge in [-0.1, -0.05) is 12.1 Å². The molecule has 3 aromatic rings. The second kappa shape index (κ2) is 7.14. The van der Waals surface area contributed by atoms with Crippen molar-refractivity contribution in [3.8, 4) is 11.3 Å². The number of nitrogens with one attached hydrogen (secondary N) is 2. The van der Waals surface area contributed by atoms with Crippen LogP contribution in [0.4, 0.5) is 17.2 Å². The Morgan fingerprint density at radius 3 is 2.84 bits per heavy atom. The van der Waals surface area contributed by atoms with Gasteiger partial charge in [0.2, 0.25) is 0 Å². The summed E-state index contributed by atoms with van der Waals surface area (Å²) in [6.07, 6.45) is 3.33. The fourth-order valence-corrected chi connectivity index (χ4v) is 2.61. The number of nitro groups is 1. The maximum Gasteiger partial charge on any atom is 0.311 e. The molecule has 0 amide bonds. The van der Waals surface area contributed by atoms with Crippen molar-refractivity contribution in [1.82, 2.24) is 14.9 Å². The molecule has 0 fully saturated rings. The van der Waals surface area contributed by atoms with Gasteiger partial charge in [-0.3, -0.25) is 15.1 Å². The predicted molar refractivity (Wildman–Crippen MR) is 97.8 cm³/mol. The molecule has 3 rings (SSSR count). The quantitative estimate of drug-likeness (QED) is 0.528. The van der Waals surface area contributed by atoms with Gasteiger partial charge < -0.3 is 15.2 Å². The lowest BCUT2D eigenvalue weighted by atomic mass is 10.1. The molecule has 0 unspecified atom stereocenters. The van der Waals surface area contributed by atoms with E-state index in [1.54, 1.807) is 6.20 Å². The minimum absolute atomic E-state index is 0.0107. The van der Waals surface area contributed by atoms with Crippen LogP contribution >= 0.6 is 0 Å². The number of aromatic amines is 1. The Labute approximate surface area is 145 Å². The second-order valence-corrected chi connectivity index (χ2v) is 5.99. The molecule has 128 valence electrons. The lowest BCUT2D eigenvalue weighted by Crippen LogP contribution is -2.10. The predicted octanol–water partition coefficient (Wildman–Crippen LogP) is 3.79. The summed E-state index contributed by atoms with van der Waals surface area (Å²) in [5.41, 5.74) is 3.75. The standard InChI is InChI=1S/C18H19N5O2/c1-22(2)12-13-6-8-19-16(10-13)14-4-3-5-15(11-14)21-18-17(23(24)25)7-9-20-18/h3-11,20-21H,12H2,1-2H3. The first-order chi connectivity index (χ1) is 12.0. The number of hydrogen-bond acceptors (Lipinski definition) is 5. The Morgan fingerprint density at radius 2 is 2.08 bits per heavy atom. The van der Waals surface area contributed by atoms with Gasteiger partial charge in [0.05, 0.1) is 10.6 Å². The number of anilines is 2. The summed E-state index contributed by atoms with van der Waals surface area (Å²) < 4.78 is 0. The first kappa shape index (κ1) is 16.7. The minimum Gasteiger partial charge on any atom is -0.342 e. The fraction of sp³-hybridized carbons (Fsp3) is 0.167. The second-order valence-electron chi connectivity index (χ2n) is 5.99. The van der Waals surface area contributed by atoms with Crippen LogP contribution in [0.5, 0.6) is 0 Å². The van der Waals surface area contributed by atoms with Crippen molar-refractivity contribution in [2.75, 3.05) is 19.4 Å². The Kier molecular flexibility index (Phi) is 4.76. The van der Waals surface area contributed by atoms with Crippen molar-refractivity contribution >= 4 is 17.2 Å². The van der Waals surface area contributed by atoms with Crippen LogP contribution in [-0.2, 0) is 6.54 Å². The summed E-state index contributed by atoms with van der Waals surface area (Å²) in [6, 6.07) is 13.1. The molecule has 0 bridgehead atoms. The molecule has 7 nitrogen and oxygen atoms in total. The summed E-state index contributed by atoms with van der Waals surface area (Å²) >= 11 is 0. The zero-order valence-electron chi connectivity index (χ0n) is 14.1. The molecule has 0 atom stereocenters. The fourth-order valence-electron chi connectivity index (χ4n) is 2.61. The van der Waals surface area contributed by atoms with Crippen molar-refractivity contribution in [3.63, 3.8) is 0 Å². The van der Waals surface area contributed by atoms with Crippen molar-refractivity contribution in [2.24, 2.45) is 0 Å². The Morgan fingerprint density at radius 1 is 1.24 bits per heavy atom. The first-order valence-electron chi connectivity index (χ1n) is 7.82. The molecule has 25 heavy (non-hydrogen) atoms. The van der Waals surface area contributed by atoms with Crippen molar-refractivity contribution in [1.29, 1.82) is 0 Å². The lowest BCUT2D eigenvalue weighted by molar-refractivity contribution is -0.383. The van der Waals surface area contributed by atoms with Crippen molar-refractivity contribution < 1.29 is 4.92 Å². The number of nitrogens with zero attached hydrogens (tertiary/aromatic N) is 3. The van der Waals surface area contributed by atoms with Gasteiger partial charge in [0.1, 0.15) is 0 Å². The molecule has 0 aliphatic rings. The van der Waals surface area contributed by atoms with Gasteiger partial charge in [0, 0.05) is 36.3 Å². The van der Waals surface area contributed by atoms with Crippen molar-refractivity contribution in [2.45, 2.75) is 6.54 Å². The number of H-pyrrole nitrogens is 1. The van der Waals surface area contributed by atoms with E-state index >= 15 is 0 Å². The van der Waals surface area contributed by atoms with Crippen LogP contribution in [0.25, 0.3) is 11.3 Å². The highest BCUT2D eigenvalue weighted by Crippen LogP contribution is 2.28. The van der Waals surface area contributed by atoms with E-state index in [4.69, 9.17) is 0 Å². The smallest absolute Gasteiger partial charge is 0.311 e. The molecule has 0 aliphatic heterocycles. The zero-order chi connectivity index (χ0) is 17.8. The summed E-state index contributed by atoms with van der Waals surface area (Å²) in [5, 5.41) is 14.1. The van der Waals surface area contributed by atoms with Gasteiger partial charge in [0.15, 0.2) is 5.82 Å². The van der Waals surface area contributed by atoms with E-state index < -0.39 is 4.92 Å². The number of hydrogen-bond donors (Lipinski definition) is 2.